The molecule has 0 saturated carbocycles. The molecule has 0 bridgehead atoms. The van der Waals surface area contributed by atoms with Gasteiger partial charge < -0.3 is 15.7 Å². The van der Waals surface area contributed by atoms with Crippen LogP contribution >= 0.6 is 0 Å². The summed E-state index contributed by atoms with van der Waals surface area (Å²) in [5.41, 5.74) is -0.191. The molecule has 0 radical (unpaired) electrons. The van der Waals surface area contributed by atoms with Gasteiger partial charge in [0.15, 0.2) is 23.3 Å². The van der Waals surface area contributed by atoms with E-state index < -0.39 is 11.6 Å². The largest absolute Gasteiger partial charge is 0.396 e. The lowest BCUT2D eigenvalue weighted by Crippen LogP contribution is -2.35. The van der Waals surface area contributed by atoms with Crippen LogP contribution in [0.2, 0.25) is 0 Å². The number of hydrogen-bond acceptors (Lipinski definition) is 4. The number of rotatable bonds is 6. The smallest absolute Gasteiger partial charge is 0.168 e. The lowest BCUT2D eigenvalue weighted by atomic mass is 9.85. The fraction of sp³-hybridized carbons (Fsp3) is 0.643. The molecule has 1 aromatic rings. The van der Waals surface area contributed by atoms with Gasteiger partial charge in [-0.1, -0.05) is 20.8 Å². The molecule has 0 amide bonds. The van der Waals surface area contributed by atoms with Crippen molar-refractivity contribution >= 4 is 11.6 Å². The third-order valence-electron chi connectivity index (χ3n) is 3.05. The molecule has 4 nitrogen and oxygen atoms in total. The number of halogens is 2. The fourth-order valence-electron chi connectivity index (χ4n) is 1.88. The topological polar surface area (TPSA) is 57.2 Å². The van der Waals surface area contributed by atoms with Crippen molar-refractivity contribution in [1.82, 2.24) is 4.98 Å². The Morgan fingerprint density at radius 2 is 1.85 bits per heavy atom. The predicted octanol–water partition coefficient (Wildman–Crippen LogP) is 3.00. The van der Waals surface area contributed by atoms with Crippen molar-refractivity contribution in [1.29, 1.82) is 0 Å². The van der Waals surface area contributed by atoms with E-state index in [-0.39, 0.29) is 29.7 Å². The number of aliphatic hydroxyl groups excluding tert-OH is 1. The number of nitrogens with zero attached hydrogens (tertiary/aromatic N) is 1. The van der Waals surface area contributed by atoms with Crippen molar-refractivity contribution in [2.24, 2.45) is 5.41 Å². The third kappa shape index (κ3) is 4.30. The van der Waals surface area contributed by atoms with Gasteiger partial charge in [-0.15, -0.1) is 0 Å². The molecule has 1 unspecified atom stereocenters. The number of aromatic nitrogens is 1. The van der Waals surface area contributed by atoms with Crippen molar-refractivity contribution in [3.63, 3.8) is 0 Å². The van der Waals surface area contributed by atoms with Crippen molar-refractivity contribution in [3.05, 3.63) is 17.7 Å². The van der Waals surface area contributed by atoms with Crippen LogP contribution < -0.4 is 10.6 Å². The minimum absolute atomic E-state index is 0.00396. The Balaban J connectivity index is 3.03. The number of hydrogen-bond donors (Lipinski definition) is 3. The molecule has 1 heterocycles. The maximum atomic E-state index is 13.8. The Morgan fingerprint density at radius 3 is 2.35 bits per heavy atom. The van der Waals surface area contributed by atoms with Crippen LogP contribution in [0.25, 0.3) is 0 Å². The summed E-state index contributed by atoms with van der Waals surface area (Å²) < 4.78 is 27.3. The zero-order valence-corrected chi connectivity index (χ0v) is 12.4. The highest BCUT2D eigenvalue weighted by Crippen LogP contribution is 2.27. The van der Waals surface area contributed by atoms with E-state index in [0.717, 1.165) is 6.07 Å². The Labute approximate surface area is 118 Å². The summed E-state index contributed by atoms with van der Waals surface area (Å²) in [5.74, 6) is -1.44. The van der Waals surface area contributed by atoms with Crippen LogP contribution in [-0.4, -0.2) is 29.3 Å². The lowest BCUT2D eigenvalue weighted by Gasteiger charge is -2.31. The summed E-state index contributed by atoms with van der Waals surface area (Å²) >= 11 is 0. The molecule has 3 N–H and O–H groups in total. The molecule has 0 aliphatic rings. The first-order valence-electron chi connectivity index (χ1n) is 6.77. The molecular weight excluding hydrogens is 264 g/mol. The van der Waals surface area contributed by atoms with E-state index in [4.69, 9.17) is 5.11 Å². The molecule has 0 aliphatic carbocycles. The summed E-state index contributed by atoms with van der Waals surface area (Å²) in [4.78, 5) is 3.94. The first kappa shape index (κ1) is 16.6. The van der Waals surface area contributed by atoms with E-state index in [9.17, 15) is 8.78 Å². The quantitative estimate of drug-likeness (QED) is 0.753. The van der Waals surface area contributed by atoms with Gasteiger partial charge in [0.1, 0.15) is 0 Å². The molecular formula is C14H23F2N3O. The first-order valence-corrected chi connectivity index (χ1v) is 6.77. The van der Waals surface area contributed by atoms with Crippen molar-refractivity contribution < 1.29 is 13.9 Å². The molecule has 1 aromatic heterocycles. The maximum Gasteiger partial charge on any atom is 0.168 e. The van der Waals surface area contributed by atoms with Crippen LogP contribution in [0.15, 0.2) is 6.07 Å². The first-order chi connectivity index (χ1) is 9.29. The van der Waals surface area contributed by atoms with Crippen molar-refractivity contribution in [2.45, 2.75) is 40.2 Å². The zero-order valence-electron chi connectivity index (χ0n) is 12.4. The van der Waals surface area contributed by atoms with Gasteiger partial charge in [-0.2, -0.15) is 0 Å². The molecule has 0 spiro atoms. The monoisotopic (exact) mass is 287 g/mol. The summed E-state index contributed by atoms with van der Waals surface area (Å²) in [7, 11) is 0. The summed E-state index contributed by atoms with van der Waals surface area (Å²) in [5, 5.41) is 14.8. The normalized spacial score (nSPS) is 13.2. The van der Waals surface area contributed by atoms with Crippen LogP contribution in [-0.2, 0) is 0 Å². The van der Waals surface area contributed by atoms with Gasteiger partial charge in [-0.3, -0.25) is 0 Å². The van der Waals surface area contributed by atoms with Crippen LogP contribution in [0.1, 0.15) is 34.1 Å². The average molecular weight is 287 g/mol. The Kier molecular flexibility index (Phi) is 5.68. The fourth-order valence-corrected chi connectivity index (χ4v) is 1.88. The van der Waals surface area contributed by atoms with Gasteiger partial charge in [0, 0.05) is 25.3 Å². The molecule has 1 atom stereocenters. The van der Waals surface area contributed by atoms with Crippen LogP contribution in [0, 0.1) is 17.0 Å². The SMILES string of the molecule is CCNc1nc(NC(CCO)C(C)(C)C)c(F)cc1F. The van der Waals surface area contributed by atoms with E-state index in [0.29, 0.717) is 13.0 Å². The molecule has 0 fully saturated rings. The van der Waals surface area contributed by atoms with Crippen LogP contribution in [0.4, 0.5) is 20.4 Å². The highest BCUT2D eigenvalue weighted by Gasteiger charge is 2.25. The van der Waals surface area contributed by atoms with Gasteiger partial charge in [0.2, 0.25) is 0 Å². The maximum absolute atomic E-state index is 13.8. The summed E-state index contributed by atoms with van der Waals surface area (Å²) in [6, 6.07) is 0.640. The molecule has 1 rings (SSSR count). The van der Waals surface area contributed by atoms with Gasteiger partial charge >= 0.3 is 0 Å². The molecule has 114 valence electrons. The average Bonchev–Trinajstić information content (AvgIpc) is 2.33. The summed E-state index contributed by atoms with van der Waals surface area (Å²) in [6.07, 6.45) is 0.457. The standard InChI is InChI=1S/C14H23F2N3O/c1-5-17-12-9(15)8-10(16)13(19-12)18-11(6-7-20)14(2,3)4/h8,11,20H,5-7H2,1-4H3,(H2,17,18,19). The molecule has 6 heteroatoms. The molecule has 0 aliphatic heterocycles. The Bertz CT molecular complexity index is 447. The van der Waals surface area contributed by atoms with Gasteiger partial charge in [-0.25, -0.2) is 13.8 Å². The van der Waals surface area contributed by atoms with Gasteiger partial charge in [0.05, 0.1) is 0 Å². The number of pyridine rings is 1. The second-order valence-electron chi connectivity index (χ2n) is 5.75. The number of aliphatic hydroxyl groups is 1. The van der Waals surface area contributed by atoms with Gasteiger partial charge in [0.25, 0.3) is 0 Å². The molecule has 20 heavy (non-hydrogen) atoms. The number of nitrogens with one attached hydrogen (secondary N) is 2. The third-order valence-corrected chi connectivity index (χ3v) is 3.05. The molecule has 0 saturated heterocycles. The number of anilines is 2. The lowest BCUT2D eigenvalue weighted by molar-refractivity contribution is 0.234. The predicted molar refractivity (Wildman–Crippen MR) is 76.9 cm³/mol. The second-order valence-corrected chi connectivity index (χ2v) is 5.75. The zero-order chi connectivity index (χ0) is 15.3. The minimum atomic E-state index is -0.739. The van der Waals surface area contributed by atoms with Crippen molar-refractivity contribution in [2.75, 3.05) is 23.8 Å². The van der Waals surface area contributed by atoms with E-state index in [1.807, 2.05) is 20.8 Å². The van der Waals surface area contributed by atoms with E-state index in [1.165, 1.54) is 0 Å². The minimum Gasteiger partial charge on any atom is -0.396 e. The van der Waals surface area contributed by atoms with Crippen molar-refractivity contribution in [3.8, 4) is 0 Å². The van der Waals surface area contributed by atoms with Crippen LogP contribution in [0.5, 0.6) is 0 Å². The van der Waals surface area contributed by atoms with E-state index >= 15 is 0 Å². The highest BCUT2D eigenvalue weighted by molar-refractivity contribution is 5.48. The molecule has 0 aromatic carbocycles. The van der Waals surface area contributed by atoms with E-state index in [2.05, 4.69) is 15.6 Å². The second kappa shape index (κ2) is 6.83. The Morgan fingerprint density at radius 1 is 1.25 bits per heavy atom. The van der Waals surface area contributed by atoms with Crippen LogP contribution in [0.3, 0.4) is 0 Å². The highest BCUT2D eigenvalue weighted by atomic mass is 19.1. The van der Waals surface area contributed by atoms with Gasteiger partial charge in [-0.05, 0) is 18.8 Å². The Hall–Kier alpha value is -1.43. The summed E-state index contributed by atoms with van der Waals surface area (Å²) in [6.45, 7) is 8.22. The van der Waals surface area contributed by atoms with E-state index in [1.54, 1.807) is 6.92 Å².